The number of halogens is 3. The van der Waals surface area contributed by atoms with Gasteiger partial charge in [0.25, 0.3) is 5.56 Å². The predicted molar refractivity (Wildman–Crippen MR) is 86.2 cm³/mol. The largest absolute Gasteiger partial charge is 0.573 e. The molecule has 1 aromatic carbocycles. The minimum absolute atomic E-state index is 0.0598. The SMILES string of the molecule is CCc1cc(=O)n(CCNS(=O)(=O)c2ccc(OC(F)(F)F)cc2)cn1. The molecule has 2 rings (SSSR count). The Morgan fingerprint density at radius 3 is 2.42 bits per heavy atom. The van der Waals surface area contributed by atoms with Crippen LogP contribution in [0.4, 0.5) is 13.2 Å². The molecule has 0 aliphatic carbocycles. The van der Waals surface area contributed by atoms with Gasteiger partial charge in [-0.25, -0.2) is 18.1 Å². The lowest BCUT2D eigenvalue weighted by molar-refractivity contribution is -0.274. The summed E-state index contributed by atoms with van der Waals surface area (Å²) in [6.45, 7) is 1.83. The van der Waals surface area contributed by atoms with Crippen LogP contribution < -0.4 is 15.0 Å². The van der Waals surface area contributed by atoms with Crippen LogP contribution in [0, 0.1) is 0 Å². The Kier molecular flexibility index (Phi) is 6.03. The van der Waals surface area contributed by atoms with E-state index in [0.717, 1.165) is 24.3 Å². The predicted octanol–water partition coefficient (Wildman–Crippen LogP) is 1.68. The normalized spacial score (nSPS) is 12.2. The fourth-order valence-electron chi connectivity index (χ4n) is 2.03. The van der Waals surface area contributed by atoms with Crippen LogP contribution in [0.15, 0.2) is 46.3 Å². The van der Waals surface area contributed by atoms with Crippen molar-refractivity contribution in [3.8, 4) is 5.75 Å². The van der Waals surface area contributed by atoms with Gasteiger partial charge < -0.3 is 4.74 Å². The van der Waals surface area contributed by atoms with Crippen LogP contribution >= 0.6 is 0 Å². The molecule has 7 nitrogen and oxygen atoms in total. The summed E-state index contributed by atoms with van der Waals surface area (Å²) >= 11 is 0. The smallest absolute Gasteiger partial charge is 0.406 e. The van der Waals surface area contributed by atoms with Crippen molar-refractivity contribution < 1.29 is 26.3 Å². The topological polar surface area (TPSA) is 90.3 Å². The lowest BCUT2D eigenvalue weighted by atomic mass is 10.3. The third kappa shape index (κ3) is 5.56. The number of sulfonamides is 1. The molecule has 0 bridgehead atoms. The summed E-state index contributed by atoms with van der Waals surface area (Å²) in [7, 11) is -3.94. The van der Waals surface area contributed by atoms with Crippen LogP contribution in [0.1, 0.15) is 12.6 Å². The first-order chi connectivity index (χ1) is 12.1. The van der Waals surface area contributed by atoms with Gasteiger partial charge in [0.1, 0.15) is 5.75 Å². The zero-order valence-corrected chi connectivity index (χ0v) is 14.5. The Morgan fingerprint density at radius 2 is 1.88 bits per heavy atom. The molecule has 142 valence electrons. The van der Waals surface area contributed by atoms with Gasteiger partial charge in [-0.1, -0.05) is 6.92 Å². The van der Waals surface area contributed by atoms with Gasteiger partial charge in [-0.3, -0.25) is 9.36 Å². The Balaban J connectivity index is 1.99. The minimum atomic E-state index is -4.85. The summed E-state index contributed by atoms with van der Waals surface area (Å²) < 4.78 is 67.7. The fourth-order valence-corrected chi connectivity index (χ4v) is 3.05. The number of aryl methyl sites for hydroxylation is 1. The summed E-state index contributed by atoms with van der Waals surface area (Å²) in [6.07, 6.45) is -2.91. The number of benzene rings is 1. The van der Waals surface area contributed by atoms with E-state index in [2.05, 4.69) is 14.4 Å². The van der Waals surface area contributed by atoms with Gasteiger partial charge in [-0.05, 0) is 30.7 Å². The average Bonchev–Trinajstić information content (AvgIpc) is 2.55. The molecule has 0 spiro atoms. The number of ether oxygens (including phenoxy) is 1. The summed E-state index contributed by atoms with van der Waals surface area (Å²) in [5, 5.41) is 0. The van der Waals surface area contributed by atoms with Gasteiger partial charge >= 0.3 is 6.36 Å². The first kappa shape index (κ1) is 19.9. The summed E-state index contributed by atoms with van der Waals surface area (Å²) in [5.41, 5.74) is 0.331. The van der Waals surface area contributed by atoms with Gasteiger partial charge in [-0.2, -0.15) is 0 Å². The Morgan fingerprint density at radius 1 is 1.23 bits per heavy atom. The quantitative estimate of drug-likeness (QED) is 0.776. The van der Waals surface area contributed by atoms with E-state index in [-0.39, 0.29) is 23.5 Å². The molecule has 1 heterocycles. The first-order valence-corrected chi connectivity index (χ1v) is 9.00. The van der Waals surface area contributed by atoms with Crippen LogP contribution in [0.3, 0.4) is 0 Å². The highest BCUT2D eigenvalue weighted by Crippen LogP contribution is 2.23. The van der Waals surface area contributed by atoms with Crippen molar-refractivity contribution in [2.24, 2.45) is 0 Å². The molecule has 0 aliphatic rings. The number of alkyl halides is 3. The van der Waals surface area contributed by atoms with Crippen molar-refractivity contribution in [1.82, 2.24) is 14.3 Å². The first-order valence-electron chi connectivity index (χ1n) is 7.51. The van der Waals surface area contributed by atoms with Crippen LogP contribution in [0.25, 0.3) is 0 Å². The monoisotopic (exact) mass is 391 g/mol. The van der Waals surface area contributed by atoms with E-state index in [1.54, 1.807) is 0 Å². The lowest BCUT2D eigenvalue weighted by Gasteiger charge is -2.11. The standard InChI is InChI=1S/C15H16F3N3O4S/c1-2-11-9-14(22)21(10-19-11)8-7-20-26(23,24)13-5-3-12(4-6-13)25-15(16,17)18/h3-6,9-10,20H,2,7-8H2,1H3. The van der Waals surface area contributed by atoms with E-state index >= 15 is 0 Å². The molecule has 0 saturated carbocycles. The molecular weight excluding hydrogens is 375 g/mol. The molecule has 0 amide bonds. The summed E-state index contributed by atoms with van der Waals surface area (Å²) in [6, 6.07) is 5.16. The van der Waals surface area contributed by atoms with Crippen molar-refractivity contribution in [3.63, 3.8) is 0 Å². The highest BCUT2D eigenvalue weighted by Gasteiger charge is 2.31. The molecule has 2 aromatic rings. The van der Waals surface area contributed by atoms with Crippen LogP contribution in [0.2, 0.25) is 0 Å². The molecule has 0 aliphatic heterocycles. The van der Waals surface area contributed by atoms with Gasteiger partial charge in [0.05, 0.1) is 11.2 Å². The fraction of sp³-hybridized carbons (Fsp3) is 0.333. The summed E-state index contributed by atoms with van der Waals surface area (Å²) in [5.74, 6) is -0.523. The van der Waals surface area contributed by atoms with Gasteiger partial charge in [0.2, 0.25) is 10.0 Å². The number of nitrogens with zero attached hydrogens (tertiary/aromatic N) is 2. The molecule has 0 unspecified atom stereocenters. The highest BCUT2D eigenvalue weighted by molar-refractivity contribution is 7.89. The van der Waals surface area contributed by atoms with Gasteiger partial charge in [-0.15, -0.1) is 13.2 Å². The van der Waals surface area contributed by atoms with Crippen LogP contribution in [-0.4, -0.2) is 30.9 Å². The molecule has 0 atom stereocenters. The molecule has 1 aromatic heterocycles. The van der Waals surface area contributed by atoms with E-state index in [1.807, 2.05) is 6.92 Å². The number of nitrogens with one attached hydrogen (secondary N) is 1. The van der Waals surface area contributed by atoms with Gasteiger partial charge in [0, 0.05) is 24.8 Å². The van der Waals surface area contributed by atoms with Crippen LogP contribution in [-0.2, 0) is 23.0 Å². The maximum Gasteiger partial charge on any atom is 0.573 e. The molecule has 0 saturated heterocycles. The van der Waals surface area contributed by atoms with Crippen molar-refractivity contribution in [2.45, 2.75) is 31.1 Å². The van der Waals surface area contributed by atoms with Gasteiger partial charge in [0.15, 0.2) is 0 Å². The van der Waals surface area contributed by atoms with E-state index in [1.165, 1.54) is 17.0 Å². The second-order valence-corrected chi connectivity index (χ2v) is 6.95. The molecular formula is C15H16F3N3O4S. The van der Waals surface area contributed by atoms with E-state index in [4.69, 9.17) is 0 Å². The molecule has 0 fully saturated rings. The van der Waals surface area contributed by atoms with Crippen molar-refractivity contribution in [2.75, 3.05) is 6.54 Å². The molecule has 26 heavy (non-hydrogen) atoms. The maximum atomic E-state index is 12.1. The Bertz CT molecular complexity index is 909. The van der Waals surface area contributed by atoms with E-state index in [9.17, 15) is 26.4 Å². The number of aromatic nitrogens is 2. The molecule has 11 heteroatoms. The lowest BCUT2D eigenvalue weighted by Crippen LogP contribution is -2.31. The summed E-state index contributed by atoms with van der Waals surface area (Å²) in [4.78, 5) is 15.6. The highest BCUT2D eigenvalue weighted by atomic mass is 32.2. The number of rotatable bonds is 7. The third-order valence-corrected chi connectivity index (χ3v) is 4.79. The Labute approximate surface area is 147 Å². The maximum absolute atomic E-state index is 12.1. The molecule has 1 N–H and O–H groups in total. The minimum Gasteiger partial charge on any atom is -0.406 e. The second kappa shape index (κ2) is 7.87. The van der Waals surface area contributed by atoms with Crippen molar-refractivity contribution >= 4 is 10.0 Å². The zero-order chi connectivity index (χ0) is 19.4. The number of hydrogen-bond donors (Lipinski definition) is 1. The number of hydrogen-bond acceptors (Lipinski definition) is 5. The van der Waals surface area contributed by atoms with Crippen molar-refractivity contribution in [3.05, 3.63) is 52.7 Å². The zero-order valence-electron chi connectivity index (χ0n) is 13.7. The second-order valence-electron chi connectivity index (χ2n) is 5.18. The van der Waals surface area contributed by atoms with E-state index in [0.29, 0.717) is 12.1 Å². The molecule has 0 radical (unpaired) electrons. The van der Waals surface area contributed by atoms with E-state index < -0.39 is 22.1 Å². The third-order valence-electron chi connectivity index (χ3n) is 3.31. The average molecular weight is 391 g/mol. The van der Waals surface area contributed by atoms with Crippen LogP contribution in [0.5, 0.6) is 5.75 Å². The Hall–Kier alpha value is -2.40. The van der Waals surface area contributed by atoms with Crippen molar-refractivity contribution in [1.29, 1.82) is 0 Å².